The summed E-state index contributed by atoms with van der Waals surface area (Å²) in [6.07, 6.45) is 0. The van der Waals surface area contributed by atoms with Crippen LogP contribution < -0.4 is 11.1 Å². The fraction of sp³-hybridized carbons (Fsp3) is 0.105. The molecule has 0 spiro atoms. The molecule has 2 aromatic carbocycles. The smallest absolute Gasteiger partial charge is 0.269 e. The van der Waals surface area contributed by atoms with Gasteiger partial charge in [-0.15, -0.1) is 5.10 Å². The number of allylic oxidation sites excluding steroid dienone is 1. The average Bonchev–Trinajstić information content (AvgIpc) is 3.11. The van der Waals surface area contributed by atoms with Crippen LogP contribution in [0.15, 0.2) is 65.9 Å². The molecule has 140 valence electrons. The minimum Gasteiger partial charge on any atom is -0.366 e. The molecule has 1 unspecified atom stereocenters. The van der Waals surface area contributed by atoms with E-state index in [4.69, 9.17) is 5.73 Å². The normalized spacial score (nSPS) is 15.7. The molecular weight excluding hydrogens is 360 g/mol. The van der Waals surface area contributed by atoms with Crippen molar-refractivity contribution >= 4 is 17.5 Å². The van der Waals surface area contributed by atoms with Gasteiger partial charge in [-0.05, 0) is 12.5 Å². The molecule has 2 heterocycles. The Kier molecular flexibility index (Phi) is 4.11. The number of hydrogen-bond donors (Lipinski definition) is 2. The fourth-order valence-corrected chi connectivity index (χ4v) is 3.30. The van der Waals surface area contributed by atoms with Gasteiger partial charge in [0.2, 0.25) is 11.9 Å². The highest BCUT2D eigenvalue weighted by molar-refractivity contribution is 5.95. The molecule has 3 N–H and O–H groups in total. The lowest BCUT2D eigenvalue weighted by atomic mass is 9.95. The van der Waals surface area contributed by atoms with E-state index in [2.05, 4.69) is 15.4 Å². The SMILES string of the molecule is CC1=C(C(N)=O)C(c2cccc([N+](=O)[O-])c2)n2nc(-c3ccccc3)nc2N1. The van der Waals surface area contributed by atoms with Crippen LogP contribution >= 0.6 is 0 Å². The number of hydrogen-bond acceptors (Lipinski definition) is 6. The van der Waals surface area contributed by atoms with Gasteiger partial charge in [0.1, 0.15) is 6.04 Å². The summed E-state index contributed by atoms with van der Waals surface area (Å²) in [5, 5.41) is 18.8. The summed E-state index contributed by atoms with van der Waals surface area (Å²) in [6, 6.07) is 14.7. The van der Waals surface area contributed by atoms with Gasteiger partial charge in [0.05, 0.1) is 10.5 Å². The number of carbonyl (C=O) groups is 1. The maximum absolute atomic E-state index is 12.2. The van der Waals surface area contributed by atoms with Crippen LogP contribution in [0, 0.1) is 10.1 Å². The second kappa shape index (κ2) is 6.62. The minimum absolute atomic E-state index is 0.0811. The summed E-state index contributed by atoms with van der Waals surface area (Å²) >= 11 is 0. The standard InChI is InChI=1S/C19H16N6O3/c1-11-15(17(20)26)16(13-8-5-9-14(10-13)25(27)28)24-19(21-11)22-18(23-24)12-6-3-2-4-7-12/h2-10,16H,1H3,(H2,20,26)(H,21,22,23). The van der Waals surface area contributed by atoms with Gasteiger partial charge in [-0.3, -0.25) is 14.9 Å². The number of nitrogens with zero attached hydrogens (tertiary/aromatic N) is 4. The summed E-state index contributed by atoms with van der Waals surface area (Å²) in [5.74, 6) is 0.263. The largest absolute Gasteiger partial charge is 0.366 e. The molecule has 1 aliphatic rings. The third-order valence-electron chi connectivity index (χ3n) is 4.55. The number of non-ortho nitro benzene ring substituents is 1. The van der Waals surface area contributed by atoms with E-state index in [9.17, 15) is 14.9 Å². The molecule has 4 rings (SSSR count). The highest BCUT2D eigenvalue weighted by Crippen LogP contribution is 2.36. The van der Waals surface area contributed by atoms with E-state index in [-0.39, 0.29) is 11.3 Å². The van der Waals surface area contributed by atoms with Gasteiger partial charge in [0, 0.05) is 23.4 Å². The van der Waals surface area contributed by atoms with Gasteiger partial charge in [-0.25, -0.2) is 4.68 Å². The monoisotopic (exact) mass is 376 g/mol. The number of benzene rings is 2. The number of carbonyl (C=O) groups excluding carboxylic acids is 1. The first-order valence-corrected chi connectivity index (χ1v) is 8.49. The van der Waals surface area contributed by atoms with E-state index in [1.807, 2.05) is 30.3 Å². The second-order valence-electron chi connectivity index (χ2n) is 6.35. The first-order valence-electron chi connectivity index (χ1n) is 8.49. The van der Waals surface area contributed by atoms with Crippen LogP contribution in [-0.2, 0) is 4.79 Å². The molecule has 0 radical (unpaired) electrons. The predicted octanol–water partition coefficient (Wildman–Crippen LogP) is 2.63. The van der Waals surface area contributed by atoms with Crippen molar-refractivity contribution in [2.24, 2.45) is 5.73 Å². The highest BCUT2D eigenvalue weighted by atomic mass is 16.6. The molecule has 0 saturated carbocycles. The molecule has 1 aliphatic heterocycles. The van der Waals surface area contributed by atoms with E-state index in [0.717, 1.165) is 5.56 Å². The van der Waals surface area contributed by atoms with Gasteiger partial charge in [0.15, 0.2) is 5.82 Å². The van der Waals surface area contributed by atoms with Crippen molar-refractivity contribution < 1.29 is 9.72 Å². The minimum atomic E-state index is -0.724. The molecule has 0 bridgehead atoms. The van der Waals surface area contributed by atoms with Gasteiger partial charge in [-0.1, -0.05) is 42.5 Å². The van der Waals surface area contributed by atoms with Gasteiger partial charge < -0.3 is 11.1 Å². The van der Waals surface area contributed by atoms with Crippen LogP contribution in [0.5, 0.6) is 0 Å². The Bertz CT molecular complexity index is 1120. The van der Waals surface area contributed by atoms with Crippen molar-refractivity contribution in [2.45, 2.75) is 13.0 Å². The lowest BCUT2D eigenvalue weighted by Crippen LogP contribution is -2.31. The zero-order chi connectivity index (χ0) is 19.8. The Morgan fingerprint density at radius 1 is 1.21 bits per heavy atom. The van der Waals surface area contributed by atoms with Crippen LogP contribution in [-0.4, -0.2) is 25.6 Å². The topological polar surface area (TPSA) is 129 Å². The van der Waals surface area contributed by atoms with Crippen molar-refractivity contribution in [3.05, 3.63) is 81.5 Å². The van der Waals surface area contributed by atoms with E-state index < -0.39 is 16.9 Å². The predicted molar refractivity (Wildman–Crippen MR) is 102 cm³/mol. The molecule has 1 aromatic heterocycles. The molecule has 3 aromatic rings. The molecule has 0 aliphatic carbocycles. The summed E-state index contributed by atoms with van der Waals surface area (Å²) in [6.45, 7) is 1.71. The number of nitro benzene ring substituents is 1. The van der Waals surface area contributed by atoms with Crippen molar-refractivity contribution in [2.75, 3.05) is 5.32 Å². The third-order valence-corrected chi connectivity index (χ3v) is 4.55. The van der Waals surface area contributed by atoms with E-state index in [0.29, 0.717) is 23.0 Å². The van der Waals surface area contributed by atoms with Gasteiger partial charge in [-0.2, -0.15) is 4.98 Å². The number of amides is 1. The molecule has 1 amide bonds. The Balaban J connectivity index is 1.90. The number of nitrogens with one attached hydrogen (secondary N) is 1. The van der Waals surface area contributed by atoms with Crippen molar-refractivity contribution in [1.82, 2.24) is 14.8 Å². The molecule has 9 heteroatoms. The van der Waals surface area contributed by atoms with E-state index in [1.165, 1.54) is 16.8 Å². The summed E-state index contributed by atoms with van der Waals surface area (Å²) in [7, 11) is 0. The maximum atomic E-state index is 12.2. The number of nitrogens with two attached hydrogens (primary N) is 1. The fourth-order valence-electron chi connectivity index (χ4n) is 3.30. The first-order chi connectivity index (χ1) is 13.5. The Hall–Kier alpha value is -4.01. The average molecular weight is 376 g/mol. The molecule has 9 nitrogen and oxygen atoms in total. The van der Waals surface area contributed by atoms with E-state index >= 15 is 0 Å². The van der Waals surface area contributed by atoms with Crippen molar-refractivity contribution in [3.8, 4) is 11.4 Å². The third kappa shape index (κ3) is 2.88. The Morgan fingerprint density at radius 3 is 2.64 bits per heavy atom. The molecular formula is C19H16N6O3. The molecule has 0 saturated heterocycles. The van der Waals surface area contributed by atoms with Crippen molar-refractivity contribution in [3.63, 3.8) is 0 Å². The van der Waals surface area contributed by atoms with Gasteiger partial charge >= 0.3 is 0 Å². The van der Waals surface area contributed by atoms with Crippen LogP contribution in [0.2, 0.25) is 0 Å². The number of anilines is 1. The Morgan fingerprint density at radius 2 is 1.96 bits per heavy atom. The summed E-state index contributed by atoms with van der Waals surface area (Å²) < 4.78 is 1.54. The first kappa shape index (κ1) is 17.4. The number of rotatable bonds is 4. The zero-order valence-corrected chi connectivity index (χ0v) is 14.9. The van der Waals surface area contributed by atoms with Crippen LogP contribution in [0.1, 0.15) is 18.5 Å². The number of primary amides is 1. The van der Waals surface area contributed by atoms with Crippen LogP contribution in [0.25, 0.3) is 11.4 Å². The van der Waals surface area contributed by atoms with Crippen LogP contribution in [0.3, 0.4) is 0 Å². The lowest BCUT2D eigenvalue weighted by Gasteiger charge is -2.27. The highest BCUT2D eigenvalue weighted by Gasteiger charge is 2.34. The summed E-state index contributed by atoms with van der Waals surface area (Å²) in [5.41, 5.74) is 7.68. The lowest BCUT2D eigenvalue weighted by molar-refractivity contribution is -0.384. The molecule has 28 heavy (non-hydrogen) atoms. The summed E-state index contributed by atoms with van der Waals surface area (Å²) in [4.78, 5) is 27.4. The quantitative estimate of drug-likeness (QED) is 0.532. The zero-order valence-electron chi connectivity index (χ0n) is 14.9. The van der Waals surface area contributed by atoms with E-state index in [1.54, 1.807) is 19.1 Å². The number of fused-ring (bicyclic) bond motifs is 1. The molecule has 0 fully saturated rings. The Labute approximate surface area is 159 Å². The second-order valence-corrected chi connectivity index (χ2v) is 6.35. The number of aromatic nitrogens is 3. The van der Waals surface area contributed by atoms with Crippen LogP contribution in [0.4, 0.5) is 11.6 Å². The van der Waals surface area contributed by atoms with Crippen molar-refractivity contribution in [1.29, 1.82) is 0 Å². The number of nitro groups is 1. The maximum Gasteiger partial charge on any atom is 0.269 e. The van der Waals surface area contributed by atoms with Gasteiger partial charge in [0.25, 0.3) is 5.69 Å². The molecule has 1 atom stereocenters.